The van der Waals surface area contributed by atoms with Crippen LogP contribution in [0.2, 0.25) is 0 Å². The van der Waals surface area contributed by atoms with Crippen LogP contribution in [0.15, 0.2) is 27.1 Å². The Kier molecular flexibility index (Phi) is 5.14. The highest BCUT2D eigenvalue weighted by Gasteiger charge is 2.18. The zero-order chi connectivity index (χ0) is 13.0. The summed E-state index contributed by atoms with van der Waals surface area (Å²) in [4.78, 5) is 22.6. The number of halogens is 2. The number of carbonyl (C=O) groups is 2. The van der Waals surface area contributed by atoms with Crippen LogP contribution in [0.4, 0.5) is 0 Å². The number of nitrogens with one attached hydrogen (secondary N) is 1. The Balaban J connectivity index is 2.86. The van der Waals surface area contributed by atoms with Crippen molar-refractivity contribution in [1.82, 2.24) is 5.32 Å². The van der Waals surface area contributed by atoms with Crippen molar-refractivity contribution in [3.8, 4) is 0 Å². The van der Waals surface area contributed by atoms with Gasteiger partial charge in [-0.05, 0) is 24.6 Å². The Labute approximate surface area is 116 Å². The lowest BCUT2D eigenvalue weighted by Crippen LogP contribution is -2.40. The molecule has 1 atom stereocenters. The molecule has 0 fully saturated rings. The summed E-state index contributed by atoms with van der Waals surface area (Å²) < 4.78 is 1.50. The Morgan fingerprint density at radius 3 is 2.24 bits per heavy atom. The van der Waals surface area contributed by atoms with Gasteiger partial charge < -0.3 is 10.4 Å². The fraction of sp³-hybridized carbons (Fsp3) is 0.273. The number of rotatable bonds is 4. The first kappa shape index (κ1) is 14.2. The smallest absolute Gasteiger partial charge is 0.326 e. The predicted molar refractivity (Wildman–Crippen MR) is 71.0 cm³/mol. The van der Waals surface area contributed by atoms with Gasteiger partial charge in [0.25, 0.3) is 5.91 Å². The van der Waals surface area contributed by atoms with Crippen molar-refractivity contribution in [2.45, 2.75) is 19.4 Å². The van der Waals surface area contributed by atoms with E-state index >= 15 is 0 Å². The second-order valence-corrected chi connectivity index (χ2v) is 5.26. The van der Waals surface area contributed by atoms with Crippen molar-refractivity contribution in [2.24, 2.45) is 0 Å². The summed E-state index contributed by atoms with van der Waals surface area (Å²) in [5.41, 5.74) is 0.408. The van der Waals surface area contributed by atoms with Gasteiger partial charge in [-0.25, -0.2) is 4.79 Å². The van der Waals surface area contributed by atoms with Crippen molar-refractivity contribution in [3.63, 3.8) is 0 Å². The lowest BCUT2D eigenvalue weighted by Gasteiger charge is -2.12. The van der Waals surface area contributed by atoms with Crippen LogP contribution in [-0.2, 0) is 4.79 Å². The Morgan fingerprint density at radius 1 is 1.29 bits per heavy atom. The van der Waals surface area contributed by atoms with E-state index in [0.29, 0.717) is 12.0 Å². The normalized spacial score (nSPS) is 11.9. The molecule has 4 nitrogen and oxygen atoms in total. The molecule has 17 heavy (non-hydrogen) atoms. The fourth-order valence-corrected chi connectivity index (χ4v) is 2.56. The monoisotopic (exact) mass is 363 g/mol. The molecule has 1 aromatic rings. The Bertz CT molecular complexity index is 428. The average Bonchev–Trinajstić information content (AvgIpc) is 2.23. The third-order valence-electron chi connectivity index (χ3n) is 2.14. The molecule has 0 aliphatic heterocycles. The maximum absolute atomic E-state index is 11.8. The van der Waals surface area contributed by atoms with E-state index < -0.39 is 17.9 Å². The molecule has 1 rings (SSSR count). The SMILES string of the molecule is CC[C@@H](NC(=O)c1cc(Br)cc(Br)c1)C(=O)O. The molecule has 1 amide bonds. The van der Waals surface area contributed by atoms with E-state index in [-0.39, 0.29) is 0 Å². The Morgan fingerprint density at radius 2 is 1.82 bits per heavy atom. The molecule has 1 aromatic carbocycles. The van der Waals surface area contributed by atoms with Gasteiger partial charge in [-0.3, -0.25) is 4.79 Å². The minimum Gasteiger partial charge on any atom is -0.480 e. The molecule has 0 saturated heterocycles. The molecular formula is C11H11Br2NO3. The number of carboxylic acids is 1. The maximum Gasteiger partial charge on any atom is 0.326 e. The van der Waals surface area contributed by atoms with Crippen LogP contribution in [0.25, 0.3) is 0 Å². The number of benzene rings is 1. The molecule has 0 radical (unpaired) electrons. The van der Waals surface area contributed by atoms with Crippen LogP contribution < -0.4 is 5.32 Å². The molecule has 0 unspecified atom stereocenters. The molecule has 0 aliphatic carbocycles. The van der Waals surface area contributed by atoms with Crippen LogP contribution in [0.1, 0.15) is 23.7 Å². The summed E-state index contributed by atoms with van der Waals surface area (Å²) in [5, 5.41) is 11.3. The lowest BCUT2D eigenvalue weighted by atomic mass is 10.1. The highest BCUT2D eigenvalue weighted by molar-refractivity contribution is 9.11. The van der Waals surface area contributed by atoms with Gasteiger partial charge in [-0.2, -0.15) is 0 Å². The second-order valence-electron chi connectivity index (χ2n) is 3.43. The standard InChI is InChI=1S/C11H11Br2NO3/c1-2-9(11(16)17)14-10(15)6-3-7(12)5-8(13)4-6/h3-5,9H,2H2,1H3,(H,14,15)(H,16,17)/t9-/m1/s1. The largest absolute Gasteiger partial charge is 0.480 e. The van der Waals surface area contributed by atoms with Crippen molar-refractivity contribution in [1.29, 1.82) is 0 Å². The summed E-state index contributed by atoms with van der Waals surface area (Å²) in [6.07, 6.45) is 0.343. The maximum atomic E-state index is 11.8. The quantitative estimate of drug-likeness (QED) is 0.863. The van der Waals surface area contributed by atoms with Crippen LogP contribution in [0.5, 0.6) is 0 Å². The molecule has 0 aliphatic rings. The first-order chi connectivity index (χ1) is 7.93. The van der Waals surface area contributed by atoms with E-state index in [1.54, 1.807) is 25.1 Å². The number of amides is 1. The van der Waals surface area contributed by atoms with E-state index in [0.717, 1.165) is 8.95 Å². The van der Waals surface area contributed by atoms with E-state index in [1.165, 1.54) is 0 Å². The van der Waals surface area contributed by atoms with Crippen molar-refractivity contribution < 1.29 is 14.7 Å². The highest BCUT2D eigenvalue weighted by atomic mass is 79.9. The molecular weight excluding hydrogens is 354 g/mol. The molecule has 0 heterocycles. The van der Waals surface area contributed by atoms with Gasteiger partial charge in [0.05, 0.1) is 0 Å². The number of carboxylic acid groups (broad SMARTS) is 1. The summed E-state index contributed by atoms with van der Waals surface area (Å²) in [6.45, 7) is 1.70. The van der Waals surface area contributed by atoms with Crippen LogP contribution in [0.3, 0.4) is 0 Å². The van der Waals surface area contributed by atoms with Gasteiger partial charge in [0.2, 0.25) is 0 Å². The zero-order valence-corrected chi connectivity index (χ0v) is 12.2. The second kappa shape index (κ2) is 6.16. The summed E-state index contributed by atoms with van der Waals surface area (Å²) >= 11 is 6.53. The molecule has 0 bridgehead atoms. The van der Waals surface area contributed by atoms with Gasteiger partial charge in [0.15, 0.2) is 0 Å². The highest BCUT2D eigenvalue weighted by Crippen LogP contribution is 2.20. The van der Waals surface area contributed by atoms with Gasteiger partial charge in [-0.15, -0.1) is 0 Å². The van der Waals surface area contributed by atoms with E-state index in [1.807, 2.05) is 0 Å². The van der Waals surface area contributed by atoms with Gasteiger partial charge in [0.1, 0.15) is 6.04 Å². The topological polar surface area (TPSA) is 66.4 Å². The van der Waals surface area contributed by atoms with Gasteiger partial charge in [0, 0.05) is 14.5 Å². The molecule has 0 spiro atoms. The summed E-state index contributed by atoms with van der Waals surface area (Å²) in [5.74, 6) is -1.43. The lowest BCUT2D eigenvalue weighted by molar-refractivity contribution is -0.139. The first-order valence-corrected chi connectivity index (χ1v) is 6.52. The molecule has 0 saturated carbocycles. The molecule has 6 heteroatoms. The minimum absolute atomic E-state index is 0.343. The number of carbonyl (C=O) groups excluding carboxylic acids is 1. The van der Waals surface area contributed by atoms with Crippen molar-refractivity contribution in [2.75, 3.05) is 0 Å². The van der Waals surface area contributed by atoms with Gasteiger partial charge in [-0.1, -0.05) is 38.8 Å². The minimum atomic E-state index is -1.03. The summed E-state index contributed by atoms with van der Waals surface area (Å²) in [7, 11) is 0. The number of aliphatic carboxylic acids is 1. The third-order valence-corrected chi connectivity index (χ3v) is 3.05. The van der Waals surface area contributed by atoms with Crippen molar-refractivity contribution in [3.05, 3.63) is 32.7 Å². The predicted octanol–water partition coefficient (Wildman–Crippen LogP) is 2.80. The van der Waals surface area contributed by atoms with E-state index in [2.05, 4.69) is 37.2 Å². The zero-order valence-electron chi connectivity index (χ0n) is 9.04. The van der Waals surface area contributed by atoms with Crippen LogP contribution in [0, 0.1) is 0 Å². The van der Waals surface area contributed by atoms with Crippen LogP contribution in [-0.4, -0.2) is 23.0 Å². The van der Waals surface area contributed by atoms with E-state index in [4.69, 9.17) is 5.11 Å². The average molecular weight is 365 g/mol. The van der Waals surface area contributed by atoms with Crippen molar-refractivity contribution >= 4 is 43.7 Å². The summed E-state index contributed by atoms with van der Waals surface area (Å²) in [6, 6.07) is 4.20. The van der Waals surface area contributed by atoms with Crippen LogP contribution >= 0.6 is 31.9 Å². The molecule has 0 aromatic heterocycles. The third kappa shape index (κ3) is 4.12. The molecule has 92 valence electrons. The molecule has 2 N–H and O–H groups in total. The number of hydrogen-bond acceptors (Lipinski definition) is 2. The fourth-order valence-electron chi connectivity index (χ4n) is 1.26. The Hall–Kier alpha value is -0.880. The number of hydrogen-bond donors (Lipinski definition) is 2. The first-order valence-electron chi connectivity index (χ1n) is 4.93. The van der Waals surface area contributed by atoms with Gasteiger partial charge >= 0.3 is 5.97 Å². The van der Waals surface area contributed by atoms with E-state index in [9.17, 15) is 9.59 Å².